The van der Waals surface area contributed by atoms with Crippen LogP contribution in [0.5, 0.6) is 0 Å². The van der Waals surface area contributed by atoms with Crippen LogP contribution in [0, 0.1) is 5.92 Å². The Morgan fingerprint density at radius 3 is 2.60 bits per heavy atom. The van der Waals surface area contributed by atoms with Crippen LogP contribution in [0.4, 0.5) is 0 Å². The summed E-state index contributed by atoms with van der Waals surface area (Å²) in [4.78, 5) is 41.8. The van der Waals surface area contributed by atoms with Crippen LogP contribution in [-0.2, 0) is 23.9 Å². The van der Waals surface area contributed by atoms with Gasteiger partial charge in [0.25, 0.3) is 0 Å². The van der Waals surface area contributed by atoms with Gasteiger partial charge in [0.05, 0.1) is 37.7 Å². The van der Waals surface area contributed by atoms with E-state index in [9.17, 15) is 14.4 Å². The van der Waals surface area contributed by atoms with E-state index in [1.54, 1.807) is 6.92 Å². The van der Waals surface area contributed by atoms with Crippen molar-refractivity contribution in [3.8, 4) is 0 Å². The highest BCUT2D eigenvalue weighted by Gasteiger charge is 2.39. The van der Waals surface area contributed by atoms with E-state index < -0.39 is 5.54 Å². The fourth-order valence-electron chi connectivity index (χ4n) is 4.86. The van der Waals surface area contributed by atoms with Crippen molar-refractivity contribution in [3.63, 3.8) is 0 Å². The molecule has 2 heterocycles. The molecule has 1 aliphatic carbocycles. The largest absolute Gasteiger partial charge is 0.466 e. The van der Waals surface area contributed by atoms with Crippen LogP contribution < -0.4 is 5.32 Å². The lowest BCUT2D eigenvalue weighted by molar-refractivity contribution is -0.146. The Morgan fingerprint density at radius 2 is 1.90 bits per heavy atom. The molecule has 2 saturated heterocycles. The molecule has 1 atom stereocenters. The average molecular weight is 424 g/mol. The summed E-state index contributed by atoms with van der Waals surface area (Å²) < 4.78 is 10.5. The molecule has 8 heteroatoms. The number of amides is 2. The summed E-state index contributed by atoms with van der Waals surface area (Å²) in [6.07, 6.45) is 5.99. The van der Waals surface area contributed by atoms with Gasteiger partial charge in [0.2, 0.25) is 11.8 Å². The molecular weight excluding hydrogens is 386 g/mol. The van der Waals surface area contributed by atoms with E-state index in [0.717, 1.165) is 65.0 Å². The second kappa shape index (κ2) is 11.1. The Morgan fingerprint density at radius 1 is 1.17 bits per heavy atom. The zero-order valence-corrected chi connectivity index (χ0v) is 18.3. The number of esters is 1. The van der Waals surface area contributed by atoms with Crippen LogP contribution in [0.3, 0.4) is 0 Å². The minimum Gasteiger partial charge on any atom is -0.466 e. The van der Waals surface area contributed by atoms with E-state index in [1.807, 2.05) is 4.90 Å². The predicted molar refractivity (Wildman–Crippen MR) is 112 cm³/mol. The summed E-state index contributed by atoms with van der Waals surface area (Å²) in [6, 6.07) is 0. The number of carbonyl (C=O) groups excluding carboxylic acids is 3. The van der Waals surface area contributed by atoms with Crippen molar-refractivity contribution < 1.29 is 23.9 Å². The summed E-state index contributed by atoms with van der Waals surface area (Å²) in [5.41, 5.74) is -0.498. The van der Waals surface area contributed by atoms with Gasteiger partial charge in [0, 0.05) is 39.1 Å². The molecule has 0 aromatic carbocycles. The van der Waals surface area contributed by atoms with Crippen molar-refractivity contribution in [3.05, 3.63) is 0 Å². The molecule has 3 rings (SSSR count). The molecular formula is C22H37N3O5. The van der Waals surface area contributed by atoms with Crippen LogP contribution in [-0.4, -0.2) is 85.7 Å². The normalized spacial score (nSPS) is 25.0. The predicted octanol–water partition coefficient (Wildman–Crippen LogP) is 1.33. The maximum atomic E-state index is 13.1. The summed E-state index contributed by atoms with van der Waals surface area (Å²) in [6.45, 7) is 7.34. The molecule has 0 aromatic heterocycles. The van der Waals surface area contributed by atoms with E-state index >= 15 is 0 Å². The highest BCUT2D eigenvalue weighted by molar-refractivity contribution is 5.85. The van der Waals surface area contributed by atoms with Gasteiger partial charge in [-0.1, -0.05) is 19.3 Å². The van der Waals surface area contributed by atoms with Crippen LogP contribution in [0.25, 0.3) is 0 Å². The Bertz CT molecular complexity index is 600. The van der Waals surface area contributed by atoms with Crippen molar-refractivity contribution in [1.29, 1.82) is 0 Å². The summed E-state index contributed by atoms with van der Waals surface area (Å²) in [7, 11) is 0. The highest BCUT2D eigenvalue weighted by atomic mass is 16.5. The molecule has 0 unspecified atom stereocenters. The number of nitrogens with one attached hydrogen (secondary N) is 1. The van der Waals surface area contributed by atoms with Crippen molar-refractivity contribution in [2.45, 2.75) is 63.8 Å². The minimum absolute atomic E-state index is 0.0231. The van der Waals surface area contributed by atoms with Gasteiger partial charge >= 0.3 is 5.97 Å². The number of piperidine rings is 1. The number of likely N-dealkylation sites (tertiary alicyclic amines) is 1. The van der Waals surface area contributed by atoms with Gasteiger partial charge in [-0.2, -0.15) is 0 Å². The van der Waals surface area contributed by atoms with Crippen molar-refractivity contribution in [1.82, 2.24) is 15.1 Å². The number of morpholine rings is 1. The lowest BCUT2D eigenvalue weighted by Crippen LogP contribution is -2.55. The molecule has 30 heavy (non-hydrogen) atoms. The van der Waals surface area contributed by atoms with Crippen LogP contribution in [0.15, 0.2) is 0 Å². The molecule has 170 valence electrons. The monoisotopic (exact) mass is 423 g/mol. The van der Waals surface area contributed by atoms with E-state index in [4.69, 9.17) is 9.47 Å². The lowest BCUT2D eigenvalue weighted by Gasteiger charge is -2.40. The molecule has 3 aliphatic rings. The van der Waals surface area contributed by atoms with Crippen LogP contribution >= 0.6 is 0 Å². The first-order valence-electron chi connectivity index (χ1n) is 11.6. The molecule has 2 aliphatic heterocycles. The van der Waals surface area contributed by atoms with Crippen molar-refractivity contribution in [2.75, 3.05) is 52.5 Å². The first kappa shape index (κ1) is 23.0. The van der Waals surface area contributed by atoms with E-state index in [0.29, 0.717) is 32.5 Å². The number of ether oxygens (including phenoxy) is 2. The van der Waals surface area contributed by atoms with E-state index in [-0.39, 0.29) is 30.1 Å². The molecule has 8 nitrogen and oxygen atoms in total. The Kier molecular flexibility index (Phi) is 8.50. The zero-order chi connectivity index (χ0) is 21.4. The number of nitrogens with zero attached hydrogens (tertiary/aromatic N) is 2. The summed E-state index contributed by atoms with van der Waals surface area (Å²) in [5.74, 6) is -0.352. The summed E-state index contributed by atoms with van der Waals surface area (Å²) in [5, 5.41) is 3.23. The second-order valence-electron chi connectivity index (χ2n) is 8.84. The molecule has 2 amide bonds. The van der Waals surface area contributed by atoms with Gasteiger partial charge < -0.3 is 19.7 Å². The van der Waals surface area contributed by atoms with Gasteiger partial charge in [-0.25, -0.2) is 0 Å². The fourth-order valence-corrected chi connectivity index (χ4v) is 4.86. The quantitative estimate of drug-likeness (QED) is 0.593. The fraction of sp³-hybridized carbons (Fsp3) is 0.864. The SMILES string of the molecule is CCOC(=O)CC1(NC(=O)[C@@H]2CCC(=O)N(CCN3CCOCC3)C2)CCCCC1. The third kappa shape index (κ3) is 6.41. The standard InChI is InChI=1S/C22H37N3O5/c1-2-30-20(27)16-22(8-4-3-5-9-22)23-21(28)18-6-7-19(26)25(17-18)11-10-24-12-14-29-15-13-24/h18H,2-17H2,1H3,(H,23,28)/t18-/m1/s1. The minimum atomic E-state index is -0.498. The number of carbonyl (C=O) groups is 3. The van der Waals surface area contributed by atoms with Gasteiger partial charge in [-0.05, 0) is 26.2 Å². The third-order valence-corrected chi connectivity index (χ3v) is 6.65. The second-order valence-corrected chi connectivity index (χ2v) is 8.84. The van der Waals surface area contributed by atoms with Gasteiger partial charge in [0.1, 0.15) is 0 Å². The number of hydrogen-bond donors (Lipinski definition) is 1. The highest BCUT2D eigenvalue weighted by Crippen LogP contribution is 2.32. The van der Waals surface area contributed by atoms with Crippen molar-refractivity contribution >= 4 is 17.8 Å². The third-order valence-electron chi connectivity index (χ3n) is 6.65. The van der Waals surface area contributed by atoms with Crippen LogP contribution in [0.2, 0.25) is 0 Å². The smallest absolute Gasteiger partial charge is 0.308 e. The van der Waals surface area contributed by atoms with Gasteiger partial charge in [-0.15, -0.1) is 0 Å². The van der Waals surface area contributed by atoms with Gasteiger partial charge in [0.15, 0.2) is 0 Å². The lowest BCUT2D eigenvalue weighted by atomic mass is 9.78. The first-order valence-corrected chi connectivity index (χ1v) is 11.6. The Labute approximate surface area is 179 Å². The van der Waals surface area contributed by atoms with E-state index in [2.05, 4.69) is 10.2 Å². The first-order chi connectivity index (χ1) is 14.5. The molecule has 1 saturated carbocycles. The molecule has 0 aromatic rings. The molecule has 1 N–H and O–H groups in total. The zero-order valence-electron chi connectivity index (χ0n) is 18.3. The van der Waals surface area contributed by atoms with Crippen LogP contribution in [0.1, 0.15) is 58.3 Å². The average Bonchev–Trinajstić information content (AvgIpc) is 2.74. The molecule has 3 fully saturated rings. The molecule has 0 spiro atoms. The molecule has 0 radical (unpaired) electrons. The molecule has 0 bridgehead atoms. The topological polar surface area (TPSA) is 88.2 Å². The van der Waals surface area contributed by atoms with Crippen molar-refractivity contribution in [2.24, 2.45) is 5.92 Å². The van der Waals surface area contributed by atoms with Gasteiger partial charge in [-0.3, -0.25) is 19.3 Å². The number of hydrogen-bond acceptors (Lipinski definition) is 6. The summed E-state index contributed by atoms with van der Waals surface area (Å²) >= 11 is 0. The maximum Gasteiger partial charge on any atom is 0.308 e. The maximum absolute atomic E-state index is 13.1. The number of rotatable bonds is 8. The Balaban J connectivity index is 1.55. The Hall–Kier alpha value is -1.67. The van der Waals surface area contributed by atoms with E-state index in [1.165, 1.54) is 0 Å².